The molecule has 1 heterocycles. The van der Waals surface area contributed by atoms with Crippen LogP contribution in [0.1, 0.15) is 13.0 Å². The highest BCUT2D eigenvalue weighted by molar-refractivity contribution is 5.61. The van der Waals surface area contributed by atoms with Gasteiger partial charge in [0.2, 0.25) is 0 Å². The van der Waals surface area contributed by atoms with Crippen molar-refractivity contribution in [3.05, 3.63) is 90.8 Å². The van der Waals surface area contributed by atoms with Crippen LogP contribution in [0.5, 0.6) is 0 Å². The van der Waals surface area contributed by atoms with Crippen LogP contribution in [0.3, 0.4) is 0 Å². The molecular formula is C19H20BrN. The van der Waals surface area contributed by atoms with E-state index in [0.29, 0.717) is 0 Å². The van der Waals surface area contributed by atoms with E-state index >= 15 is 0 Å². The molecule has 3 rings (SSSR count). The summed E-state index contributed by atoms with van der Waals surface area (Å²) in [5, 5.41) is 0. The Morgan fingerprint density at radius 3 is 1.67 bits per heavy atom. The number of nitrogens with zero attached hydrogens (tertiary/aromatic N) is 1. The van der Waals surface area contributed by atoms with Crippen molar-refractivity contribution in [2.45, 2.75) is 14.0 Å². The van der Waals surface area contributed by atoms with Gasteiger partial charge in [-0.05, 0) is 11.1 Å². The van der Waals surface area contributed by atoms with Gasteiger partial charge in [0.15, 0.2) is 18.9 Å². The van der Waals surface area contributed by atoms with Crippen molar-refractivity contribution in [2.24, 2.45) is 0 Å². The highest BCUT2D eigenvalue weighted by Gasteiger charge is 2.03. The number of benzene rings is 2. The van der Waals surface area contributed by atoms with Gasteiger partial charge in [-0.2, -0.15) is 0 Å². The third-order valence-corrected chi connectivity index (χ3v) is 3.21. The third kappa shape index (κ3) is 4.54. The zero-order valence-electron chi connectivity index (χ0n) is 11.1. The van der Waals surface area contributed by atoms with Crippen molar-refractivity contribution >= 4 is 0 Å². The summed E-state index contributed by atoms with van der Waals surface area (Å²) in [6, 6.07) is 25.3. The van der Waals surface area contributed by atoms with E-state index in [-0.39, 0.29) is 24.4 Å². The highest BCUT2D eigenvalue weighted by atomic mass is 79.9. The molecule has 2 heteroatoms. The Balaban J connectivity index is 0.00000110. The molecule has 0 N–H and O–H groups in total. The fourth-order valence-electron chi connectivity index (χ4n) is 2.18. The van der Waals surface area contributed by atoms with E-state index in [1.807, 2.05) is 12.1 Å². The molecule has 0 saturated carbocycles. The average Bonchev–Trinajstić information content (AvgIpc) is 2.50. The standard InChI is InChI=1S/C18H16N.CH4.BrH/c1-3-7-16(8-4-1)15-19-13-11-18(12-14-19)17-9-5-2-6-10-17;;/h1-14H,15H2;1H4;1H/q+1;;/p-1. The second kappa shape index (κ2) is 8.38. The number of hydrogen-bond acceptors (Lipinski definition) is 0. The Hall–Kier alpha value is -1.93. The summed E-state index contributed by atoms with van der Waals surface area (Å²) in [6.45, 7) is 0.913. The maximum absolute atomic E-state index is 2.20. The summed E-state index contributed by atoms with van der Waals surface area (Å²) in [5.41, 5.74) is 3.83. The van der Waals surface area contributed by atoms with Gasteiger partial charge in [0.05, 0.1) is 0 Å². The summed E-state index contributed by atoms with van der Waals surface area (Å²) >= 11 is 0. The van der Waals surface area contributed by atoms with Crippen molar-refractivity contribution in [3.8, 4) is 11.1 Å². The first-order chi connectivity index (χ1) is 9.42. The van der Waals surface area contributed by atoms with E-state index in [9.17, 15) is 0 Å². The first-order valence-electron chi connectivity index (χ1n) is 6.50. The molecule has 21 heavy (non-hydrogen) atoms. The van der Waals surface area contributed by atoms with E-state index < -0.39 is 0 Å². The van der Waals surface area contributed by atoms with Crippen LogP contribution in [-0.2, 0) is 6.54 Å². The minimum atomic E-state index is 0. The van der Waals surface area contributed by atoms with Crippen LogP contribution >= 0.6 is 0 Å². The number of hydrogen-bond donors (Lipinski definition) is 0. The lowest BCUT2D eigenvalue weighted by molar-refractivity contribution is -0.688. The highest BCUT2D eigenvalue weighted by Crippen LogP contribution is 2.16. The Morgan fingerprint density at radius 1 is 0.619 bits per heavy atom. The molecule has 108 valence electrons. The number of aromatic nitrogens is 1. The predicted octanol–water partition coefficient (Wildman–Crippen LogP) is 1.33. The summed E-state index contributed by atoms with van der Waals surface area (Å²) in [6.07, 6.45) is 4.27. The summed E-state index contributed by atoms with van der Waals surface area (Å²) in [5.74, 6) is 0. The van der Waals surface area contributed by atoms with Crippen LogP contribution in [0.15, 0.2) is 85.2 Å². The second-order valence-corrected chi connectivity index (χ2v) is 4.61. The molecule has 0 aliphatic carbocycles. The number of pyridine rings is 1. The largest absolute Gasteiger partial charge is 1.00 e. The Bertz CT molecular complexity index is 633. The lowest BCUT2D eigenvalue weighted by atomic mass is 10.1. The predicted molar refractivity (Wildman–Crippen MR) is 84.3 cm³/mol. The summed E-state index contributed by atoms with van der Waals surface area (Å²) in [4.78, 5) is 0. The lowest BCUT2D eigenvalue weighted by Crippen LogP contribution is -3.00. The molecule has 0 unspecified atom stereocenters. The van der Waals surface area contributed by atoms with Crippen molar-refractivity contribution in [1.82, 2.24) is 0 Å². The summed E-state index contributed by atoms with van der Waals surface area (Å²) < 4.78 is 2.20. The first kappa shape index (κ1) is 17.1. The maximum Gasteiger partial charge on any atom is 0.173 e. The molecule has 0 atom stereocenters. The van der Waals surface area contributed by atoms with Gasteiger partial charge in [0.25, 0.3) is 0 Å². The van der Waals surface area contributed by atoms with Crippen molar-refractivity contribution in [3.63, 3.8) is 0 Å². The SMILES string of the molecule is C.[Br-].c1ccc(C[n+]2ccc(-c3ccccc3)cc2)cc1. The first-order valence-corrected chi connectivity index (χ1v) is 6.50. The molecule has 0 aliphatic heterocycles. The fourth-order valence-corrected chi connectivity index (χ4v) is 2.18. The Kier molecular flexibility index (Phi) is 6.83. The molecule has 3 aromatic rings. The van der Waals surface area contributed by atoms with E-state index in [1.165, 1.54) is 16.7 Å². The molecule has 0 spiro atoms. The molecule has 0 radical (unpaired) electrons. The van der Waals surface area contributed by atoms with Crippen LogP contribution in [-0.4, -0.2) is 0 Å². The molecule has 0 bridgehead atoms. The van der Waals surface area contributed by atoms with Crippen molar-refractivity contribution in [2.75, 3.05) is 0 Å². The molecule has 0 amide bonds. The van der Waals surface area contributed by atoms with E-state index in [4.69, 9.17) is 0 Å². The molecule has 2 aromatic carbocycles. The minimum Gasteiger partial charge on any atom is -1.00 e. The van der Waals surface area contributed by atoms with E-state index in [1.54, 1.807) is 0 Å². The van der Waals surface area contributed by atoms with Gasteiger partial charge in [0, 0.05) is 17.7 Å². The van der Waals surface area contributed by atoms with Gasteiger partial charge >= 0.3 is 0 Å². The van der Waals surface area contributed by atoms with Crippen LogP contribution in [0.2, 0.25) is 0 Å². The van der Waals surface area contributed by atoms with Gasteiger partial charge < -0.3 is 17.0 Å². The lowest BCUT2D eigenvalue weighted by Gasteiger charge is -2.01. The fraction of sp³-hybridized carbons (Fsp3) is 0.105. The smallest absolute Gasteiger partial charge is 0.173 e. The average molecular weight is 342 g/mol. The molecular weight excluding hydrogens is 322 g/mol. The Morgan fingerprint density at radius 2 is 1.10 bits per heavy atom. The third-order valence-electron chi connectivity index (χ3n) is 3.21. The normalized spacial score (nSPS) is 9.33. The van der Waals surface area contributed by atoms with Gasteiger partial charge in [-0.1, -0.05) is 68.1 Å². The van der Waals surface area contributed by atoms with Gasteiger partial charge in [0.1, 0.15) is 0 Å². The number of halogens is 1. The van der Waals surface area contributed by atoms with Crippen LogP contribution in [0.25, 0.3) is 11.1 Å². The van der Waals surface area contributed by atoms with Crippen LogP contribution < -0.4 is 21.5 Å². The van der Waals surface area contributed by atoms with Crippen molar-refractivity contribution < 1.29 is 21.5 Å². The number of rotatable bonds is 3. The van der Waals surface area contributed by atoms with Gasteiger partial charge in [-0.3, -0.25) is 0 Å². The zero-order valence-corrected chi connectivity index (χ0v) is 12.7. The van der Waals surface area contributed by atoms with E-state index in [0.717, 1.165) is 6.54 Å². The minimum absolute atomic E-state index is 0. The van der Waals surface area contributed by atoms with Crippen molar-refractivity contribution in [1.29, 1.82) is 0 Å². The molecule has 1 aromatic heterocycles. The zero-order chi connectivity index (χ0) is 12.9. The maximum atomic E-state index is 2.20. The Labute approximate surface area is 137 Å². The monoisotopic (exact) mass is 341 g/mol. The van der Waals surface area contributed by atoms with Gasteiger partial charge in [-0.15, -0.1) is 0 Å². The second-order valence-electron chi connectivity index (χ2n) is 4.61. The quantitative estimate of drug-likeness (QED) is 0.633. The van der Waals surface area contributed by atoms with E-state index in [2.05, 4.69) is 77.6 Å². The molecule has 0 saturated heterocycles. The molecule has 1 nitrogen and oxygen atoms in total. The van der Waals surface area contributed by atoms with Crippen LogP contribution in [0.4, 0.5) is 0 Å². The van der Waals surface area contributed by atoms with Gasteiger partial charge in [-0.25, -0.2) is 4.57 Å². The van der Waals surface area contributed by atoms with Crippen LogP contribution in [0, 0.1) is 0 Å². The molecule has 0 aliphatic rings. The topological polar surface area (TPSA) is 3.88 Å². The summed E-state index contributed by atoms with van der Waals surface area (Å²) in [7, 11) is 0. The molecule has 0 fully saturated rings.